The fraction of sp³-hybridized carbons (Fsp3) is 0.364. The molecule has 0 fully saturated rings. The molecule has 1 unspecified atom stereocenters. The van der Waals surface area contributed by atoms with Gasteiger partial charge in [0, 0.05) is 11.3 Å². The monoisotopic (exact) mass is 223 g/mol. The number of hydrogen-bond acceptors (Lipinski definition) is 3. The Bertz CT molecular complexity index is 392. The van der Waals surface area contributed by atoms with Gasteiger partial charge in [-0.15, -0.1) is 11.8 Å². The number of anilines is 1. The van der Waals surface area contributed by atoms with E-state index >= 15 is 0 Å². The highest BCUT2D eigenvalue weighted by molar-refractivity contribution is 7.99. The van der Waals surface area contributed by atoms with Crippen molar-refractivity contribution >= 4 is 23.4 Å². The molecule has 0 radical (unpaired) electrons. The molecular weight excluding hydrogens is 210 g/mol. The summed E-state index contributed by atoms with van der Waals surface area (Å²) in [6.45, 7) is 2.59. The predicted molar refractivity (Wildman–Crippen MR) is 62.5 cm³/mol. The Morgan fingerprint density at radius 2 is 2.33 bits per heavy atom. The first kappa shape index (κ1) is 10.4. The number of thioether (sulfide) groups is 1. The summed E-state index contributed by atoms with van der Waals surface area (Å²) in [4.78, 5) is 11.6. The number of hydrogen-bond donors (Lipinski definition) is 1. The Morgan fingerprint density at radius 3 is 3.00 bits per heavy atom. The lowest BCUT2D eigenvalue weighted by molar-refractivity contribution is -0.115. The van der Waals surface area contributed by atoms with E-state index in [1.54, 1.807) is 11.8 Å². The summed E-state index contributed by atoms with van der Waals surface area (Å²) in [5, 5.41) is 2.76. The zero-order valence-corrected chi connectivity index (χ0v) is 9.56. The summed E-state index contributed by atoms with van der Waals surface area (Å²) in [5.41, 5.74) is 1.93. The molecule has 15 heavy (non-hydrogen) atoms. The average molecular weight is 223 g/mol. The summed E-state index contributed by atoms with van der Waals surface area (Å²) < 4.78 is 5.41. The SMILES string of the molecule is CCOc1ccc2c(c1)C(SC)C(=O)N2. The van der Waals surface area contributed by atoms with E-state index in [9.17, 15) is 4.79 Å². The molecule has 1 amide bonds. The Balaban J connectivity index is 2.35. The molecule has 0 aromatic heterocycles. The Kier molecular flexibility index (Phi) is 2.86. The van der Waals surface area contributed by atoms with Gasteiger partial charge in [-0.3, -0.25) is 4.79 Å². The number of fused-ring (bicyclic) bond motifs is 1. The van der Waals surface area contributed by atoms with E-state index in [-0.39, 0.29) is 11.2 Å². The quantitative estimate of drug-likeness (QED) is 0.855. The molecule has 4 heteroatoms. The first-order chi connectivity index (χ1) is 7.26. The molecule has 0 aliphatic carbocycles. The summed E-state index contributed by atoms with van der Waals surface area (Å²) in [7, 11) is 0. The van der Waals surface area contributed by atoms with Crippen molar-refractivity contribution < 1.29 is 9.53 Å². The number of rotatable bonds is 3. The van der Waals surface area contributed by atoms with E-state index in [0.717, 1.165) is 17.0 Å². The largest absolute Gasteiger partial charge is 0.494 e. The van der Waals surface area contributed by atoms with Crippen LogP contribution in [0.15, 0.2) is 18.2 Å². The van der Waals surface area contributed by atoms with Crippen LogP contribution < -0.4 is 10.1 Å². The molecule has 0 bridgehead atoms. The molecule has 0 saturated carbocycles. The number of carbonyl (C=O) groups is 1. The van der Waals surface area contributed by atoms with E-state index in [1.165, 1.54) is 0 Å². The van der Waals surface area contributed by atoms with E-state index < -0.39 is 0 Å². The lowest BCUT2D eigenvalue weighted by Crippen LogP contribution is -2.08. The second kappa shape index (κ2) is 4.14. The molecule has 80 valence electrons. The van der Waals surface area contributed by atoms with Gasteiger partial charge in [-0.1, -0.05) is 0 Å². The fourth-order valence-corrected chi connectivity index (χ4v) is 2.42. The molecule has 1 aromatic carbocycles. The van der Waals surface area contributed by atoms with Crippen LogP contribution in [0, 0.1) is 0 Å². The smallest absolute Gasteiger partial charge is 0.242 e. The van der Waals surface area contributed by atoms with Gasteiger partial charge in [-0.25, -0.2) is 0 Å². The zero-order chi connectivity index (χ0) is 10.8. The van der Waals surface area contributed by atoms with Gasteiger partial charge in [0.25, 0.3) is 0 Å². The third-order valence-electron chi connectivity index (χ3n) is 2.35. The maximum atomic E-state index is 11.6. The lowest BCUT2D eigenvalue weighted by atomic mass is 10.1. The zero-order valence-electron chi connectivity index (χ0n) is 8.74. The highest BCUT2D eigenvalue weighted by Gasteiger charge is 2.29. The molecule has 1 aliphatic heterocycles. The van der Waals surface area contributed by atoms with Gasteiger partial charge in [0.2, 0.25) is 5.91 Å². The van der Waals surface area contributed by atoms with E-state index in [0.29, 0.717) is 6.61 Å². The third-order valence-corrected chi connectivity index (χ3v) is 3.29. The van der Waals surface area contributed by atoms with Gasteiger partial charge in [0.05, 0.1) is 6.61 Å². The van der Waals surface area contributed by atoms with Gasteiger partial charge < -0.3 is 10.1 Å². The maximum Gasteiger partial charge on any atom is 0.242 e. The van der Waals surface area contributed by atoms with Crippen molar-refractivity contribution in [3.05, 3.63) is 23.8 Å². The number of amides is 1. The molecule has 1 heterocycles. The third kappa shape index (κ3) is 1.81. The molecule has 1 aromatic rings. The van der Waals surface area contributed by atoms with Gasteiger partial charge >= 0.3 is 0 Å². The average Bonchev–Trinajstić information content (AvgIpc) is 2.53. The standard InChI is InChI=1S/C11H13NO2S/c1-3-14-7-4-5-9-8(6-7)10(15-2)11(13)12-9/h4-6,10H,3H2,1-2H3,(H,12,13). The Morgan fingerprint density at radius 1 is 1.53 bits per heavy atom. The van der Waals surface area contributed by atoms with Gasteiger partial charge in [-0.05, 0) is 31.4 Å². The van der Waals surface area contributed by atoms with Crippen molar-refractivity contribution in [2.45, 2.75) is 12.2 Å². The maximum absolute atomic E-state index is 11.6. The van der Waals surface area contributed by atoms with Crippen LogP contribution in [0.4, 0.5) is 5.69 Å². The van der Waals surface area contributed by atoms with Crippen LogP contribution in [0.2, 0.25) is 0 Å². The predicted octanol–water partition coefficient (Wildman–Crippen LogP) is 2.44. The molecule has 1 N–H and O–H groups in total. The van der Waals surface area contributed by atoms with Crippen molar-refractivity contribution in [1.29, 1.82) is 0 Å². The molecule has 1 atom stereocenters. The van der Waals surface area contributed by atoms with Crippen molar-refractivity contribution in [1.82, 2.24) is 0 Å². The first-order valence-electron chi connectivity index (χ1n) is 4.86. The van der Waals surface area contributed by atoms with E-state index in [4.69, 9.17) is 4.74 Å². The normalized spacial score (nSPS) is 18.5. The number of nitrogens with one attached hydrogen (secondary N) is 1. The summed E-state index contributed by atoms with van der Waals surface area (Å²) in [6, 6.07) is 5.72. The summed E-state index contributed by atoms with van der Waals surface area (Å²) in [6.07, 6.45) is 1.94. The molecular formula is C11H13NO2S. The van der Waals surface area contributed by atoms with Crippen molar-refractivity contribution in [3.63, 3.8) is 0 Å². The van der Waals surface area contributed by atoms with Gasteiger partial charge in [0.1, 0.15) is 11.0 Å². The van der Waals surface area contributed by atoms with E-state index in [2.05, 4.69) is 5.32 Å². The van der Waals surface area contributed by atoms with Crippen LogP contribution in [0.5, 0.6) is 5.75 Å². The molecule has 3 nitrogen and oxygen atoms in total. The Hall–Kier alpha value is -1.16. The van der Waals surface area contributed by atoms with Crippen LogP contribution >= 0.6 is 11.8 Å². The number of carbonyl (C=O) groups excluding carboxylic acids is 1. The molecule has 1 aliphatic rings. The first-order valence-corrected chi connectivity index (χ1v) is 6.15. The van der Waals surface area contributed by atoms with Crippen molar-refractivity contribution in [2.24, 2.45) is 0 Å². The van der Waals surface area contributed by atoms with Crippen molar-refractivity contribution in [2.75, 3.05) is 18.2 Å². The molecule has 0 spiro atoms. The lowest BCUT2D eigenvalue weighted by Gasteiger charge is -2.07. The highest BCUT2D eigenvalue weighted by atomic mass is 32.2. The fourth-order valence-electron chi connectivity index (χ4n) is 1.70. The van der Waals surface area contributed by atoms with Gasteiger partial charge in [-0.2, -0.15) is 0 Å². The van der Waals surface area contributed by atoms with Crippen LogP contribution in [0.25, 0.3) is 0 Å². The minimum atomic E-state index is -0.0968. The molecule has 2 rings (SSSR count). The second-order valence-electron chi connectivity index (χ2n) is 3.29. The minimum absolute atomic E-state index is 0.0612. The summed E-state index contributed by atoms with van der Waals surface area (Å²) in [5.74, 6) is 0.887. The number of ether oxygens (including phenoxy) is 1. The topological polar surface area (TPSA) is 38.3 Å². The number of benzene rings is 1. The Labute approximate surface area is 93.2 Å². The highest BCUT2D eigenvalue weighted by Crippen LogP contribution is 2.40. The molecule has 0 saturated heterocycles. The van der Waals surface area contributed by atoms with Crippen LogP contribution in [-0.4, -0.2) is 18.8 Å². The van der Waals surface area contributed by atoms with Crippen molar-refractivity contribution in [3.8, 4) is 5.75 Å². The second-order valence-corrected chi connectivity index (χ2v) is 4.23. The summed E-state index contributed by atoms with van der Waals surface area (Å²) >= 11 is 1.54. The van der Waals surface area contributed by atoms with Crippen LogP contribution in [0.3, 0.4) is 0 Å². The minimum Gasteiger partial charge on any atom is -0.494 e. The van der Waals surface area contributed by atoms with Gasteiger partial charge in [0.15, 0.2) is 0 Å². The van der Waals surface area contributed by atoms with Crippen LogP contribution in [-0.2, 0) is 4.79 Å². The van der Waals surface area contributed by atoms with Crippen LogP contribution in [0.1, 0.15) is 17.7 Å². The van der Waals surface area contributed by atoms with E-state index in [1.807, 2.05) is 31.4 Å².